The van der Waals surface area contributed by atoms with Gasteiger partial charge in [-0.3, -0.25) is 14.8 Å². The van der Waals surface area contributed by atoms with Crippen molar-refractivity contribution in [1.29, 1.82) is 5.26 Å². The number of likely N-dealkylation sites (tertiary alicyclic amines) is 2. The number of carbonyl (C=O) groups is 1. The lowest BCUT2D eigenvalue weighted by molar-refractivity contribution is 0.0535. The molecule has 0 saturated carbocycles. The Bertz CT molecular complexity index is 1100. The van der Waals surface area contributed by atoms with E-state index in [4.69, 9.17) is 10.00 Å². The number of cyclic esters (lactones) is 1. The van der Waals surface area contributed by atoms with Crippen LogP contribution in [0.4, 0.5) is 0 Å². The molecular formula is C25H28N4O4. The van der Waals surface area contributed by atoms with Gasteiger partial charge < -0.3 is 14.9 Å². The van der Waals surface area contributed by atoms with Gasteiger partial charge in [0.25, 0.3) is 0 Å². The van der Waals surface area contributed by atoms with Gasteiger partial charge in [0, 0.05) is 44.0 Å². The van der Waals surface area contributed by atoms with E-state index in [-0.39, 0.29) is 12.6 Å². The summed E-state index contributed by atoms with van der Waals surface area (Å²) in [5.74, 6) is 0.227. The van der Waals surface area contributed by atoms with E-state index in [1.807, 2.05) is 19.1 Å². The summed E-state index contributed by atoms with van der Waals surface area (Å²) in [6, 6.07) is 9.39. The van der Waals surface area contributed by atoms with E-state index < -0.39 is 12.2 Å². The Kier molecular flexibility index (Phi) is 5.89. The van der Waals surface area contributed by atoms with Crippen LogP contribution in [0.1, 0.15) is 56.9 Å². The largest absolute Gasteiger partial charge is 0.457 e. The molecule has 2 fully saturated rings. The second-order valence-electron chi connectivity index (χ2n) is 9.33. The van der Waals surface area contributed by atoms with E-state index in [2.05, 4.69) is 14.8 Å². The zero-order chi connectivity index (χ0) is 23.1. The van der Waals surface area contributed by atoms with Crippen LogP contribution in [-0.4, -0.2) is 69.7 Å². The number of benzene rings is 1. The van der Waals surface area contributed by atoms with E-state index in [1.54, 1.807) is 18.2 Å². The monoisotopic (exact) mass is 448 g/mol. The highest BCUT2D eigenvalue weighted by molar-refractivity contribution is 5.93. The van der Waals surface area contributed by atoms with Crippen LogP contribution in [0.2, 0.25) is 0 Å². The maximum atomic E-state index is 11.8. The van der Waals surface area contributed by atoms with Crippen LogP contribution in [0.3, 0.4) is 0 Å². The number of nitriles is 1. The third-order valence-electron chi connectivity index (χ3n) is 7.40. The van der Waals surface area contributed by atoms with Crippen molar-refractivity contribution in [3.63, 3.8) is 0 Å². The van der Waals surface area contributed by atoms with Crippen molar-refractivity contribution in [2.45, 2.75) is 38.2 Å². The molecule has 3 aliphatic heterocycles. The first-order chi connectivity index (χ1) is 15.9. The van der Waals surface area contributed by atoms with Crippen LogP contribution in [0.5, 0.6) is 0 Å². The van der Waals surface area contributed by atoms with E-state index in [9.17, 15) is 15.0 Å². The Balaban J connectivity index is 1.20. The normalized spacial score (nSPS) is 24.2. The molecular weight excluding hydrogens is 420 g/mol. The summed E-state index contributed by atoms with van der Waals surface area (Å²) < 4.78 is 5.13. The Hall–Kier alpha value is -2.83. The summed E-state index contributed by atoms with van der Waals surface area (Å²) in [7, 11) is 0. The van der Waals surface area contributed by atoms with Crippen molar-refractivity contribution in [3.05, 3.63) is 64.0 Å². The summed E-state index contributed by atoms with van der Waals surface area (Å²) in [6.07, 6.45) is 1.23. The molecule has 33 heavy (non-hydrogen) atoms. The molecule has 1 aromatic carbocycles. The number of aliphatic hydroxyl groups excluding tert-OH is 2. The molecule has 0 radical (unpaired) electrons. The second kappa shape index (κ2) is 8.84. The fourth-order valence-electron chi connectivity index (χ4n) is 5.57. The molecule has 4 heterocycles. The summed E-state index contributed by atoms with van der Waals surface area (Å²) in [6.45, 7) is 5.98. The van der Waals surface area contributed by atoms with Crippen molar-refractivity contribution >= 4 is 5.97 Å². The SMILES string of the molecule is Cc1c([C@@H](O)CN2CC3CCN(CC(O)c4ccc(C#N)cn4)C3C2)ccc2c1COC2=O. The topological polar surface area (TPSA) is 110 Å². The number of fused-ring (bicyclic) bond motifs is 2. The van der Waals surface area contributed by atoms with Crippen molar-refractivity contribution < 1.29 is 19.7 Å². The molecule has 3 unspecified atom stereocenters. The Labute approximate surface area is 193 Å². The van der Waals surface area contributed by atoms with Crippen molar-refractivity contribution in [2.24, 2.45) is 5.92 Å². The predicted octanol–water partition coefficient (Wildman–Crippen LogP) is 1.71. The van der Waals surface area contributed by atoms with Gasteiger partial charge in [0.05, 0.1) is 22.9 Å². The number of β-amino-alcohol motifs (C(OH)–C–C–N with tert-alkyl or cyclic N) is 2. The standard InChI is InChI=1S/C25H28N4O4/c1-15-18(3-4-19-20(15)14-33-25(19)32)23(30)12-28-10-17-6-7-29(22(17)11-28)13-24(31)21-5-2-16(8-26)9-27-21/h2-5,9,17,22-24,30-31H,6-7,10-14H2,1H3/t17?,22?,23-,24?/m0/s1. The number of hydrogen-bond donors (Lipinski definition) is 2. The lowest BCUT2D eigenvalue weighted by Crippen LogP contribution is -2.38. The molecule has 0 amide bonds. The number of carbonyl (C=O) groups excluding carboxylic acids is 1. The minimum atomic E-state index is -0.699. The molecule has 4 atom stereocenters. The number of rotatable bonds is 6. The van der Waals surface area contributed by atoms with Crippen LogP contribution in [-0.2, 0) is 11.3 Å². The molecule has 1 aromatic heterocycles. The zero-order valence-electron chi connectivity index (χ0n) is 18.6. The molecule has 5 rings (SSSR count). The Morgan fingerprint density at radius 3 is 2.82 bits per heavy atom. The van der Waals surface area contributed by atoms with Crippen molar-refractivity contribution in [3.8, 4) is 6.07 Å². The first kappa shape index (κ1) is 22.0. The van der Waals surface area contributed by atoms with Crippen LogP contribution >= 0.6 is 0 Å². The van der Waals surface area contributed by atoms with Crippen LogP contribution in [0.25, 0.3) is 0 Å². The highest BCUT2D eigenvalue weighted by Crippen LogP contribution is 2.35. The molecule has 2 N–H and O–H groups in total. The van der Waals surface area contributed by atoms with Gasteiger partial charge in [0.1, 0.15) is 18.8 Å². The quantitative estimate of drug-likeness (QED) is 0.643. The van der Waals surface area contributed by atoms with E-state index in [0.29, 0.717) is 41.9 Å². The van der Waals surface area contributed by atoms with E-state index >= 15 is 0 Å². The molecule has 0 bridgehead atoms. The number of nitrogens with zero attached hydrogens (tertiary/aromatic N) is 4. The van der Waals surface area contributed by atoms with Gasteiger partial charge >= 0.3 is 5.97 Å². The number of pyridine rings is 1. The van der Waals surface area contributed by atoms with Crippen LogP contribution < -0.4 is 0 Å². The molecule has 0 spiro atoms. The predicted molar refractivity (Wildman–Crippen MR) is 119 cm³/mol. The van der Waals surface area contributed by atoms with Crippen molar-refractivity contribution in [1.82, 2.24) is 14.8 Å². The maximum absolute atomic E-state index is 11.8. The lowest BCUT2D eigenvalue weighted by Gasteiger charge is -2.27. The first-order valence-corrected chi connectivity index (χ1v) is 11.4. The lowest BCUT2D eigenvalue weighted by atomic mass is 9.95. The highest BCUT2D eigenvalue weighted by atomic mass is 16.5. The fourth-order valence-corrected chi connectivity index (χ4v) is 5.57. The van der Waals surface area contributed by atoms with Gasteiger partial charge in [-0.1, -0.05) is 6.07 Å². The number of hydrogen-bond acceptors (Lipinski definition) is 8. The molecule has 0 aliphatic carbocycles. The van der Waals surface area contributed by atoms with Crippen molar-refractivity contribution in [2.75, 3.05) is 32.7 Å². The number of esters is 1. The summed E-state index contributed by atoms with van der Waals surface area (Å²) in [5.41, 5.74) is 4.33. The molecule has 2 saturated heterocycles. The van der Waals surface area contributed by atoms with Gasteiger partial charge in [-0.2, -0.15) is 5.26 Å². The van der Waals surface area contributed by atoms with Gasteiger partial charge in [0.15, 0.2) is 0 Å². The van der Waals surface area contributed by atoms with Crippen LogP contribution in [0, 0.1) is 24.2 Å². The molecule has 172 valence electrons. The van der Waals surface area contributed by atoms with Gasteiger partial charge in [-0.05, 0) is 55.1 Å². The van der Waals surface area contributed by atoms with Gasteiger partial charge in [-0.15, -0.1) is 0 Å². The van der Waals surface area contributed by atoms with E-state index in [0.717, 1.165) is 42.7 Å². The Morgan fingerprint density at radius 1 is 1.21 bits per heavy atom. The summed E-state index contributed by atoms with van der Waals surface area (Å²) in [5, 5.41) is 30.6. The van der Waals surface area contributed by atoms with Crippen LogP contribution in [0.15, 0.2) is 30.5 Å². The average molecular weight is 449 g/mol. The fraction of sp³-hybridized carbons (Fsp3) is 0.480. The molecule has 3 aliphatic rings. The number of aromatic nitrogens is 1. The first-order valence-electron chi connectivity index (χ1n) is 11.4. The number of ether oxygens (including phenoxy) is 1. The van der Waals surface area contributed by atoms with E-state index in [1.165, 1.54) is 6.20 Å². The molecule has 2 aromatic rings. The zero-order valence-corrected chi connectivity index (χ0v) is 18.6. The molecule has 8 heteroatoms. The summed E-state index contributed by atoms with van der Waals surface area (Å²) in [4.78, 5) is 20.6. The maximum Gasteiger partial charge on any atom is 0.338 e. The third kappa shape index (κ3) is 4.13. The average Bonchev–Trinajstić information content (AvgIpc) is 3.50. The van der Waals surface area contributed by atoms with Gasteiger partial charge in [-0.25, -0.2) is 4.79 Å². The number of aliphatic hydroxyl groups is 2. The summed E-state index contributed by atoms with van der Waals surface area (Å²) >= 11 is 0. The third-order valence-corrected chi connectivity index (χ3v) is 7.40. The minimum Gasteiger partial charge on any atom is -0.457 e. The van der Waals surface area contributed by atoms with Gasteiger partial charge in [0.2, 0.25) is 0 Å². The second-order valence-corrected chi connectivity index (χ2v) is 9.33. The highest BCUT2D eigenvalue weighted by Gasteiger charge is 2.42. The Morgan fingerprint density at radius 2 is 2.06 bits per heavy atom. The molecule has 8 nitrogen and oxygen atoms in total. The minimum absolute atomic E-state index is 0.278. The smallest absolute Gasteiger partial charge is 0.338 e.